The number of benzene rings is 1. The summed E-state index contributed by atoms with van der Waals surface area (Å²) >= 11 is 0. The van der Waals surface area contributed by atoms with Crippen molar-refractivity contribution in [2.75, 3.05) is 24.8 Å². The molecule has 3 N–H and O–H groups in total. The molecule has 0 spiro atoms. The van der Waals surface area contributed by atoms with Crippen molar-refractivity contribution in [3.8, 4) is 0 Å². The second kappa shape index (κ2) is 6.67. The smallest absolute Gasteiger partial charge is 0.311 e. The van der Waals surface area contributed by atoms with Crippen molar-refractivity contribution in [1.82, 2.24) is 4.98 Å². The van der Waals surface area contributed by atoms with Gasteiger partial charge in [-0.25, -0.2) is 4.98 Å². The number of hydrogen-bond donors (Lipinski definition) is 2. The largest absolute Gasteiger partial charge is 0.384 e. The Morgan fingerprint density at radius 2 is 2.10 bits per heavy atom. The molecule has 1 aromatic heterocycles. The third-order valence-electron chi connectivity index (χ3n) is 2.95. The maximum atomic E-state index is 10.7. The third kappa shape index (κ3) is 3.67. The van der Waals surface area contributed by atoms with Crippen LogP contribution in [-0.2, 0) is 11.2 Å². The summed E-state index contributed by atoms with van der Waals surface area (Å²) < 4.78 is 5.07. The molecular weight excluding hydrogens is 272 g/mol. The molecular formula is C14H16N4O3. The standard InChI is InChI=1S/C14H16N4O3/c1-21-9-8-10-4-2-3-5-11(10)16-13-7-6-12(18(19)20)14(15)17-13/h2-7H,8-9H2,1H3,(H3,15,16,17). The van der Waals surface area contributed by atoms with Gasteiger partial charge in [-0.1, -0.05) is 18.2 Å². The van der Waals surface area contributed by atoms with Crippen LogP contribution in [0.4, 0.5) is 23.0 Å². The molecule has 1 aromatic carbocycles. The Balaban J connectivity index is 2.22. The Bertz CT molecular complexity index is 646. The first-order valence-electron chi connectivity index (χ1n) is 6.36. The molecule has 0 fully saturated rings. The van der Waals surface area contributed by atoms with E-state index in [-0.39, 0.29) is 11.5 Å². The number of anilines is 3. The van der Waals surface area contributed by atoms with E-state index in [2.05, 4.69) is 10.3 Å². The molecule has 0 aliphatic carbocycles. The van der Waals surface area contributed by atoms with Gasteiger partial charge in [0.1, 0.15) is 5.82 Å². The summed E-state index contributed by atoms with van der Waals surface area (Å²) in [7, 11) is 1.65. The molecule has 21 heavy (non-hydrogen) atoms. The first kappa shape index (κ1) is 14.7. The van der Waals surface area contributed by atoms with Crippen molar-refractivity contribution in [1.29, 1.82) is 0 Å². The molecule has 2 rings (SSSR count). The van der Waals surface area contributed by atoms with Gasteiger partial charge in [-0.05, 0) is 24.1 Å². The van der Waals surface area contributed by atoms with E-state index < -0.39 is 4.92 Å². The molecule has 0 atom stereocenters. The third-order valence-corrected chi connectivity index (χ3v) is 2.95. The SMILES string of the molecule is COCCc1ccccc1Nc1ccc([N+](=O)[O-])c(N)n1. The highest BCUT2D eigenvalue weighted by Gasteiger charge is 2.13. The number of nitro groups is 1. The number of ether oxygens (including phenoxy) is 1. The highest BCUT2D eigenvalue weighted by atomic mass is 16.6. The molecule has 1 heterocycles. The summed E-state index contributed by atoms with van der Waals surface area (Å²) in [5, 5.41) is 13.8. The molecule has 2 aromatic rings. The van der Waals surface area contributed by atoms with E-state index >= 15 is 0 Å². The minimum absolute atomic E-state index is 0.112. The second-order valence-corrected chi connectivity index (χ2v) is 4.38. The zero-order chi connectivity index (χ0) is 15.2. The molecule has 0 unspecified atom stereocenters. The number of aromatic nitrogens is 1. The molecule has 0 saturated heterocycles. The normalized spacial score (nSPS) is 10.3. The zero-order valence-electron chi connectivity index (χ0n) is 11.6. The van der Waals surface area contributed by atoms with Gasteiger partial charge in [0, 0.05) is 18.9 Å². The molecule has 110 valence electrons. The van der Waals surface area contributed by atoms with Crippen molar-refractivity contribution in [2.45, 2.75) is 6.42 Å². The van der Waals surface area contributed by atoms with Crippen LogP contribution < -0.4 is 11.1 Å². The van der Waals surface area contributed by atoms with Gasteiger partial charge in [-0.2, -0.15) is 0 Å². The molecule has 0 aliphatic heterocycles. The van der Waals surface area contributed by atoms with E-state index in [0.29, 0.717) is 12.4 Å². The summed E-state index contributed by atoms with van der Waals surface area (Å²) in [5.74, 6) is 0.349. The number of para-hydroxylation sites is 1. The van der Waals surface area contributed by atoms with Crippen molar-refractivity contribution in [2.24, 2.45) is 0 Å². The first-order chi connectivity index (χ1) is 10.1. The van der Waals surface area contributed by atoms with Crippen molar-refractivity contribution >= 4 is 23.0 Å². The number of nitrogens with one attached hydrogen (secondary N) is 1. The number of rotatable bonds is 6. The van der Waals surface area contributed by atoms with Crippen LogP contribution in [0.5, 0.6) is 0 Å². The van der Waals surface area contributed by atoms with Crippen molar-refractivity contribution in [3.05, 3.63) is 52.1 Å². The van der Waals surface area contributed by atoms with Gasteiger partial charge in [0.05, 0.1) is 11.5 Å². The fraction of sp³-hybridized carbons (Fsp3) is 0.214. The lowest BCUT2D eigenvalue weighted by molar-refractivity contribution is -0.384. The Morgan fingerprint density at radius 1 is 1.33 bits per heavy atom. The van der Waals surface area contributed by atoms with Gasteiger partial charge >= 0.3 is 5.69 Å². The Labute approximate surface area is 121 Å². The van der Waals surface area contributed by atoms with Gasteiger partial charge in [0.15, 0.2) is 0 Å². The maximum absolute atomic E-state index is 10.7. The Kier molecular flexibility index (Phi) is 4.68. The lowest BCUT2D eigenvalue weighted by atomic mass is 10.1. The van der Waals surface area contributed by atoms with Crippen LogP contribution in [0.2, 0.25) is 0 Å². The van der Waals surface area contributed by atoms with Crippen LogP contribution in [0, 0.1) is 10.1 Å². The summed E-state index contributed by atoms with van der Waals surface area (Å²) in [6.07, 6.45) is 0.752. The van der Waals surface area contributed by atoms with Crippen LogP contribution in [0.15, 0.2) is 36.4 Å². The number of hydrogen-bond acceptors (Lipinski definition) is 6. The molecule has 0 amide bonds. The van der Waals surface area contributed by atoms with Crippen LogP contribution in [-0.4, -0.2) is 23.6 Å². The van der Waals surface area contributed by atoms with Crippen molar-refractivity contribution < 1.29 is 9.66 Å². The van der Waals surface area contributed by atoms with Gasteiger partial charge in [0.25, 0.3) is 0 Å². The van der Waals surface area contributed by atoms with E-state index in [1.807, 2.05) is 24.3 Å². The summed E-state index contributed by atoms with van der Waals surface area (Å²) in [5.41, 5.74) is 7.32. The highest BCUT2D eigenvalue weighted by molar-refractivity contribution is 5.64. The average molecular weight is 288 g/mol. The number of nitrogens with zero attached hydrogens (tertiary/aromatic N) is 2. The minimum Gasteiger partial charge on any atom is -0.384 e. The van der Waals surface area contributed by atoms with Crippen LogP contribution >= 0.6 is 0 Å². The number of methoxy groups -OCH3 is 1. The summed E-state index contributed by atoms with van der Waals surface area (Å²) in [4.78, 5) is 14.2. The first-order valence-corrected chi connectivity index (χ1v) is 6.36. The highest BCUT2D eigenvalue weighted by Crippen LogP contribution is 2.24. The molecule has 7 nitrogen and oxygen atoms in total. The van der Waals surface area contributed by atoms with E-state index in [9.17, 15) is 10.1 Å². The van der Waals surface area contributed by atoms with Gasteiger partial charge in [0.2, 0.25) is 5.82 Å². The quantitative estimate of drug-likeness (QED) is 0.625. The van der Waals surface area contributed by atoms with E-state index in [0.717, 1.165) is 17.7 Å². The van der Waals surface area contributed by atoms with Crippen LogP contribution in [0.3, 0.4) is 0 Å². The van der Waals surface area contributed by atoms with Gasteiger partial charge in [-0.15, -0.1) is 0 Å². The molecule has 0 saturated carbocycles. The van der Waals surface area contributed by atoms with Crippen molar-refractivity contribution in [3.63, 3.8) is 0 Å². The summed E-state index contributed by atoms with van der Waals surface area (Å²) in [6.45, 7) is 0.606. The predicted octanol–water partition coefficient (Wildman–Crippen LogP) is 2.50. The topological polar surface area (TPSA) is 103 Å². The fourth-order valence-electron chi connectivity index (χ4n) is 1.90. The molecule has 0 radical (unpaired) electrons. The van der Waals surface area contributed by atoms with Crippen LogP contribution in [0.25, 0.3) is 0 Å². The fourth-order valence-corrected chi connectivity index (χ4v) is 1.90. The lowest BCUT2D eigenvalue weighted by Gasteiger charge is -2.11. The van der Waals surface area contributed by atoms with E-state index in [1.54, 1.807) is 7.11 Å². The van der Waals surface area contributed by atoms with Gasteiger partial charge < -0.3 is 15.8 Å². The molecule has 0 aliphatic rings. The number of nitrogen functional groups attached to an aromatic ring is 1. The van der Waals surface area contributed by atoms with Gasteiger partial charge in [-0.3, -0.25) is 10.1 Å². The monoisotopic (exact) mass is 288 g/mol. The predicted molar refractivity (Wildman–Crippen MR) is 80.6 cm³/mol. The Morgan fingerprint density at radius 3 is 2.76 bits per heavy atom. The minimum atomic E-state index is -0.557. The number of pyridine rings is 1. The summed E-state index contributed by atoms with van der Waals surface area (Å²) in [6, 6.07) is 10.6. The molecule has 7 heteroatoms. The lowest BCUT2D eigenvalue weighted by Crippen LogP contribution is -2.04. The van der Waals surface area contributed by atoms with E-state index in [1.165, 1.54) is 12.1 Å². The molecule has 0 bridgehead atoms. The average Bonchev–Trinajstić information content (AvgIpc) is 2.46. The zero-order valence-corrected chi connectivity index (χ0v) is 11.6. The van der Waals surface area contributed by atoms with Crippen LogP contribution in [0.1, 0.15) is 5.56 Å². The second-order valence-electron chi connectivity index (χ2n) is 4.38. The van der Waals surface area contributed by atoms with E-state index in [4.69, 9.17) is 10.5 Å². The Hall–Kier alpha value is -2.67. The number of nitrogens with two attached hydrogens (primary N) is 1. The maximum Gasteiger partial charge on any atom is 0.311 e.